The lowest BCUT2D eigenvalue weighted by Gasteiger charge is -2.14. The summed E-state index contributed by atoms with van der Waals surface area (Å²) in [5.41, 5.74) is 0. The van der Waals surface area contributed by atoms with Gasteiger partial charge >= 0.3 is 0 Å². The van der Waals surface area contributed by atoms with Crippen LogP contribution in [0.15, 0.2) is 0 Å². The van der Waals surface area contributed by atoms with Crippen LogP contribution < -0.4 is 0 Å². The van der Waals surface area contributed by atoms with Gasteiger partial charge < -0.3 is 14.2 Å². The van der Waals surface area contributed by atoms with Crippen LogP contribution in [-0.4, -0.2) is 37.6 Å². The fourth-order valence-electron chi connectivity index (χ4n) is 2.02. The average molecular weight is 186 g/mol. The third-order valence-corrected chi connectivity index (χ3v) is 2.71. The van der Waals surface area contributed by atoms with Crippen molar-refractivity contribution in [2.45, 2.75) is 51.1 Å². The molecule has 0 aromatic carbocycles. The van der Waals surface area contributed by atoms with Crippen LogP contribution in [0.5, 0.6) is 0 Å². The van der Waals surface area contributed by atoms with Crippen molar-refractivity contribution in [3.63, 3.8) is 0 Å². The molecule has 2 fully saturated rings. The standard InChI is InChI=1S/C10H18O3/c1-7-3-9(5-11-7)13-10-4-8(2)12-6-10/h7-10H,3-6H2,1-2H3. The maximum atomic E-state index is 5.86. The highest BCUT2D eigenvalue weighted by Crippen LogP contribution is 2.22. The van der Waals surface area contributed by atoms with E-state index in [9.17, 15) is 0 Å². The van der Waals surface area contributed by atoms with Gasteiger partial charge in [0.25, 0.3) is 0 Å². The topological polar surface area (TPSA) is 27.7 Å². The van der Waals surface area contributed by atoms with Crippen molar-refractivity contribution in [1.29, 1.82) is 0 Å². The van der Waals surface area contributed by atoms with Crippen molar-refractivity contribution in [2.24, 2.45) is 0 Å². The van der Waals surface area contributed by atoms with Gasteiger partial charge in [-0.3, -0.25) is 0 Å². The molecule has 13 heavy (non-hydrogen) atoms. The third kappa shape index (κ3) is 2.42. The van der Waals surface area contributed by atoms with Gasteiger partial charge in [-0.15, -0.1) is 0 Å². The molecule has 0 N–H and O–H groups in total. The van der Waals surface area contributed by atoms with Crippen molar-refractivity contribution in [1.82, 2.24) is 0 Å². The summed E-state index contributed by atoms with van der Waals surface area (Å²) in [5.74, 6) is 0. The molecule has 3 heteroatoms. The summed E-state index contributed by atoms with van der Waals surface area (Å²) in [6.07, 6.45) is 3.40. The van der Waals surface area contributed by atoms with E-state index in [1.165, 1.54) is 0 Å². The van der Waals surface area contributed by atoms with Gasteiger partial charge in [0.05, 0.1) is 37.6 Å². The van der Waals surface area contributed by atoms with E-state index < -0.39 is 0 Å². The number of rotatable bonds is 2. The third-order valence-electron chi connectivity index (χ3n) is 2.71. The largest absolute Gasteiger partial charge is 0.376 e. The Morgan fingerprint density at radius 2 is 1.38 bits per heavy atom. The van der Waals surface area contributed by atoms with E-state index in [0.29, 0.717) is 24.4 Å². The summed E-state index contributed by atoms with van der Waals surface area (Å²) in [4.78, 5) is 0. The van der Waals surface area contributed by atoms with Crippen LogP contribution >= 0.6 is 0 Å². The summed E-state index contributed by atoms with van der Waals surface area (Å²) in [7, 11) is 0. The highest BCUT2D eigenvalue weighted by Gasteiger charge is 2.29. The van der Waals surface area contributed by atoms with Crippen molar-refractivity contribution in [2.75, 3.05) is 13.2 Å². The van der Waals surface area contributed by atoms with Gasteiger partial charge in [-0.25, -0.2) is 0 Å². The van der Waals surface area contributed by atoms with Gasteiger partial charge in [0, 0.05) is 12.8 Å². The second-order valence-electron chi connectivity index (χ2n) is 4.14. The predicted molar refractivity (Wildman–Crippen MR) is 48.7 cm³/mol. The molecule has 4 atom stereocenters. The zero-order valence-electron chi connectivity index (χ0n) is 8.36. The number of hydrogen-bond acceptors (Lipinski definition) is 3. The van der Waals surface area contributed by atoms with E-state index in [1.54, 1.807) is 0 Å². The zero-order chi connectivity index (χ0) is 9.26. The van der Waals surface area contributed by atoms with Gasteiger partial charge in [-0.05, 0) is 13.8 Å². The van der Waals surface area contributed by atoms with Crippen LogP contribution in [0.3, 0.4) is 0 Å². The Kier molecular flexibility index (Phi) is 2.86. The smallest absolute Gasteiger partial charge is 0.0838 e. The number of hydrogen-bond donors (Lipinski definition) is 0. The van der Waals surface area contributed by atoms with E-state index in [-0.39, 0.29) is 0 Å². The molecule has 0 amide bonds. The Hall–Kier alpha value is -0.120. The lowest BCUT2D eigenvalue weighted by molar-refractivity contribution is -0.0201. The van der Waals surface area contributed by atoms with Crippen LogP contribution in [-0.2, 0) is 14.2 Å². The summed E-state index contributed by atoms with van der Waals surface area (Å²) >= 11 is 0. The molecule has 2 saturated heterocycles. The second kappa shape index (κ2) is 3.95. The average Bonchev–Trinajstić information content (AvgIpc) is 2.62. The lowest BCUT2D eigenvalue weighted by atomic mass is 10.2. The number of ether oxygens (including phenoxy) is 3. The van der Waals surface area contributed by atoms with Gasteiger partial charge in [0.1, 0.15) is 0 Å². The Balaban J connectivity index is 1.72. The highest BCUT2D eigenvalue weighted by atomic mass is 16.6. The van der Waals surface area contributed by atoms with E-state index in [1.807, 2.05) is 0 Å². The van der Waals surface area contributed by atoms with E-state index >= 15 is 0 Å². The normalized spacial score (nSPS) is 45.7. The molecule has 0 spiro atoms. The van der Waals surface area contributed by atoms with Crippen LogP contribution in [0.1, 0.15) is 26.7 Å². The fraction of sp³-hybridized carbons (Fsp3) is 1.00. The second-order valence-corrected chi connectivity index (χ2v) is 4.14. The minimum atomic E-state index is 0.300. The Morgan fingerprint density at radius 3 is 1.69 bits per heavy atom. The van der Waals surface area contributed by atoms with Gasteiger partial charge in [0.2, 0.25) is 0 Å². The first-order chi connectivity index (χ1) is 6.24. The molecule has 0 aromatic rings. The van der Waals surface area contributed by atoms with E-state index in [4.69, 9.17) is 14.2 Å². The molecular weight excluding hydrogens is 168 g/mol. The molecule has 2 aliphatic heterocycles. The molecule has 2 aliphatic rings. The Bertz CT molecular complexity index is 154. The van der Waals surface area contributed by atoms with Crippen molar-refractivity contribution >= 4 is 0 Å². The van der Waals surface area contributed by atoms with Crippen LogP contribution in [0.25, 0.3) is 0 Å². The maximum Gasteiger partial charge on any atom is 0.0838 e. The molecule has 3 nitrogen and oxygen atoms in total. The Labute approximate surface area is 79.4 Å². The quantitative estimate of drug-likeness (QED) is 0.651. The summed E-state index contributed by atoms with van der Waals surface area (Å²) in [6, 6.07) is 0. The first-order valence-corrected chi connectivity index (χ1v) is 5.12. The van der Waals surface area contributed by atoms with Crippen LogP contribution in [0, 0.1) is 0 Å². The van der Waals surface area contributed by atoms with Crippen LogP contribution in [0.2, 0.25) is 0 Å². The molecule has 0 aliphatic carbocycles. The fourth-order valence-corrected chi connectivity index (χ4v) is 2.02. The maximum absolute atomic E-state index is 5.86. The Morgan fingerprint density at radius 1 is 0.923 bits per heavy atom. The minimum absolute atomic E-state index is 0.300. The van der Waals surface area contributed by atoms with Crippen molar-refractivity contribution in [3.05, 3.63) is 0 Å². The lowest BCUT2D eigenvalue weighted by Crippen LogP contribution is -2.22. The molecular formula is C10H18O3. The SMILES string of the molecule is CC1CC(OC2COC(C)C2)CO1. The van der Waals surface area contributed by atoms with Crippen molar-refractivity contribution < 1.29 is 14.2 Å². The minimum Gasteiger partial charge on any atom is -0.376 e. The van der Waals surface area contributed by atoms with Crippen molar-refractivity contribution in [3.8, 4) is 0 Å². The summed E-state index contributed by atoms with van der Waals surface area (Å²) < 4.78 is 16.7. The zero-order valence-corrected chi connectivity index (χ0v) is 8.36. The molecule has 4 unspecified atom stereocenters. The highest BCUT2D eigenvalue weighted by molar-refractivity contribution is 4.76. The van der Waals surface area contributed by atoms with Crippen LogP contribution in [0.4, 0.5) is 0 Å². The molecule has 0 radical (unpaired) electrons. The first kappa shape index (κ1) is 9.44. The first-order valence-electron chi connectivity index (χ1n) is 5.12. The summed E-state index contributed by atoms with van der Waals surface area (Å²) in [5, 5.41) is 0. The predicted octanol–water partition coefficient (Wildman–Crippen LogP) is 1.36. The molecule has 76 valence electrons. The van der Waals surface area contributed by atoms with E-state index in [0.717, 1.165) is 26.1 Å². The monoisotopic (exact) mass is 186 g/mol. The van der Waals surface area contributed by atoms with Gasteiger partial charge in [-0.2, -0.15) is 0 Å². The molecule has 2 rings (SSSR count). The molecule has 2 heterocycles. The van der Waals surface area contributed by atoms with Gasteiger partial charge in [0.15, 0.2) is 0 Å². The molecule has 0 bridgehead atoms. The van der Waals surface area contributed by atoms with Gasteiger partial charge in [-0.1, -0.05) is 0 Å². The molecule has 0 saturated carbocycles. The van der Waals surface area contributed by atoms with E-state index in [2.05, 4.69) is 13.8 Å². The molecule has 0 aromatic heterocycles. The summed E-state index contributed by atoms with van der Waals surface area (Å²) in [6.45, 7) is 5.70.